The maximum absolute atomic E-state index is 13.1. The zero-order valence-corrected chi connectivity index (χ0v) is 16.5. The van der Waals surface area contributed by atoms with Crippen LogP contribution in [-0.2, 0) is 12.7 Å². The number of aliphatic hydroxyl groups is 2. The molecule has 10 heteroatoms. The second kappa shape index (κ2) is 8.48. The Morgan fingerprint density at radius 2 is 1.84 bits per heavy atom. The fourth-order valence-electron chi connectivity index (χ4n) is 3.26. The number of hydrogen-bond donors (Lipinski definition) is 2. The Bertz CT molecular complexity index is 1310. The van der Waals surface area contributed by atoms with E-state index in [0.29, 0.717) is 16.8 Å². The maximum atomic E-state index is 13.1. The third kappa shape index (κ3) is 4.23. The minimum Gasteiger partial charge on any atom is -0.394 e. The first-order chi connectivity index (χ1) is 15.3. The molecular weight excluding hydrogens is 425 g/mol. The number of aromatic nitrogens is 4. The summed E-state index contributed by atoms with van der Waals surface area (Å²) in [6, 6.07) is 9.34. The van der Waals surface area contributed by atoms with E-state index in [9.17, 15) is 23.1 Å². The van der Waals surface area contributed by atoms with Gasteiger partial charge in [-0.2, -0.15) is 13.2 Å². The summed E-state index contributed by atoms with van der Waals surface area (Å²) in [6.45, 7) is -0.697. The molecule has 0 saturated carbocycles. The molecule has 0 amide bonds. The molecule has 1 atom stereocenters. The van der Waals surface area contributed by atoms with E-state index in [0.717, 1.165) is 16.7 Å². The van der Waals surface area contributed by atoms with Crippen molar-refractivity contribution in [2.45, 2.75) is 18.8 Å². The van der Waals surface area contributed by atoms with Gasteiger partial charge in [-0.05, 0) is 30.3 Å². The van der Waals surface area contributed by atoms with E-state index in [1.807, 2.05) is 0 Å². The Kier molecular flexibility index (Phi) is 5.72. The van der Waals surface area contributed by atoms with Gasteiger partial charge < -0.3 is 10.2 Å². The summed E-state index contributed by atoms with van der Waals surface area (Å²) < 4.78 is 40.0. The van der Waals surface area contributed by atoms with Gasteiger partial charge in [0.25, 0.3) is 5.56 Å². The van der Waals surface area contributed by atoms with E-state index in [1.54, 1.807) is 24.5 Å². The first-order valence-electron chi connectivity index (χ1n) is 9.55. The molecule has 1 unspecified atom stereocenters. The smallest absolute Gasteiger partial charge is 0.394 e. The van der Waals surface area contributed by atoms with E-state index < -0.39 is 30.0 Å². The maximum Gasteiger partial charge on any atom is 0.416 e. The molecule has 0 saturated heterocycles. The monoisotopic (exact) mass is 442 g/mol. The van der Waals surface area contributed by atoms with Gasteiger partial charge in [0.15, 0.2) is 0 Å². The van der Waals surface area contributed by atoms with Crippen molar-refractivity contribution in [3.8, 4) is 22.5 Å². The predicted molar refractivity (Wildman–Crippen MR) is 111 cm³/mol. The molecule has 164 valence electrons. The van der Waals surface area contributed by atoms with E-state index in [1.165, 1.54) is 24.5 Å². The van der Waals surface area contributed by atoms with Crippen LogP contribution in [-0.4, -0.2) is 42.4 Å². The Labute approximate surface area is 179 Å². The van der Waals surface area contributed by atoms with Crippen molar-refractivity contribution in [1.82, 2.24) is 19.5 Å². The highest BCUT2D eigenvalue weighted by Crippen LogP contribution is 2.32. The lowest BCUT2D eigenvalue weighted by atomic mass is 10.0. The number of hydrogen-bond acceptors (Lipinski definition) is 6. The minimum atomic E-state index is -4.47. The van der Waals surface area contributed by atoms with Gasteiger partial charge in [0.2, 0.25) is 0 Å². The number of alkyl halides is 3. The van der Waals surface area contributed by atoms with Crippen molar-refractivity contribution >= 4 is 10.9 Å². The molecule has 3 heterocycles. The molecular formula is C22H17F3N4O3. The van der Waals surface area contributed by atoms with Crippen LogP contribution in [0.15, 0.2) is 66.0 Å². The first-order valence-corrected chi connectivity index (χ1v) is 9.55. The molecule has 0 fully saturated rings. The summed E-state index contributed by atoms with van der Waals surface area (Å²) in [4.78, 5) is 26.0. The first kappa shape index (κ1) is 21.6. The quantitative estimate of drug-likeness (QED) is 0.493. The Hall–Kier alpha value is -3.63. The van der Waals surface area contributed by atoms with Crippen LogP contribution < -0.4 is 5.56 Å². The molecule has 0 bridgehead atoms. The molecule has 4 aromatic rings. The third-order valence-corrected chi connectivity index (χ3v) is 4.87. The molecule has 32 heavy (non-hydrogen) atoms. The predicted octanol–water partition coefficient (Wildman–Crippen LogP) is 2.89. The number of nitrogens with zero attached hydrogens (tertiary/aromatic N) is 4. The van der Waals surface area contributed by atoms with Gasteiger partial charge in [-0.1, -0.05) is 12.1 Å². The largest absolute Gasteiger partial charge is 0.416 e. The lowest BCUT2D eigenvalue weighted by molar-refractivity contribution is -0.137. The minimum absolute atomic E-state index is 0.168. The average Bonchev–Trinajstić information content (AvgIpc) is 2.80. The number of pyridine rings is 2. The van der Waals surface area contributed by atoms with Crippen LogP contribution in [0.4, 0.5) is 13.2 Å². The fourth-order valence-corrected chi connectivity index (χ4v) is 3.26. The van der Waals surface area contributed by atoms with Gasteiger partial charge in [-0.3, -0.25) is 14.3 Å². The van der Waals surface area contributed by atoms with E-state index in [4.69, 9.17) is 5.11 Å². The van der Waals surface area contributed by atoms with Crippen molar-refractivity contribution < 1.29 is 23.4 Å². The molecule has 0 aliphatic heterocycles. The van der Waals surface area contributed by atoms with Gasteiger partial charge in [-0.25, -0.2) is 9.97 Å². The van der Waals surface area contributed by atoms with Crippen LogP contribution in [0.25, 0.3) is 33.4 Å². The number of aliphatic hydroxyl groups excluding tert-OH is 2. The fraction of sp³-hybridized carbons (Fsp3) is 0.182. The molecule has 3 aromatic heterocycles. The van der Waals surface area contributed by atoms with Gasteiger partial charge in [-0.15, -0.1) is 0 Å². The Morgan fingerprint density at radius 1 is 1.09 bits per heavy atom. The lowest BCUT2D eigenvalue weighted by Crippen LogP contribution is -2.29. The summed E-state index contributed by atoms with van der Waals surface area (Å²) >= 11 is 0. The summed E-state index contributed by atoms with van der Waals surface area (Å²) in [5.41, 5.74) is 0.594. The summed E-state index contributed by atoms with van der Waals surface area (Å²) in [5, 5.41) is 19.0. The summed E-state index contributed by atoms with van der Waals surface area (Å²) in [5.74, 6) is 0. The number of benzene rings is 1. The van der Waals surface area contributed by atoms with Gasteiger partial charge >= 0.3 is 6.18 Å². The SMILES string of the molecule is O=c1c2cc(-c3ccc(C(F)(F)F)cc3)nc(-c3cccnc3)c2ncn1CC(O)CO. The molecule has 0 radical (unpaired) electrons. The number of halogens is 3. The second-order valence-electron chi connectivity index (χ2n) is 7.11. The number of rotatable bonds is 5. The van der Waals surface area contributed by atoms with Crippen LogP contribution in [0.2, 0.25) is 0 Å². The van der Waals surface area contributed by atoms with E-state index in [2.05, 4.69) is 15.0 Å². The molecule has 4 rings (SSSR count). The normalized spacial score (nSPS) is 12.8. The van der Waals surface area contributed by atoms with Crippen molar-refractivity contribution in [2.24, 2.45) is 0 Å². The topological polar surface area (TPSA) is 101 Å². The molecule has 2 N–H and O–H groups in total. The standard InChI is InChI=1S/C22H17F3N4O3/c23-22(24,25)15-5-3-13(4-6-15)18-8-17-20(19(28-18)14-2-1-7-26-9-14)27-12-29(21(17)32)10-16(31)11-30/h1-9,12,16,30-31H,10-11H2. The van der Waals surface area contributed by atoms with Crippen molar-refractivity contribution in [3.05, 3.63) is 77.1 Å². The van der Waals surface area contributed by atoms with Crippen LogP contribution in [0.5, 0.6) is 0 Å². The second-order valence-corrected chi connectivity index (χ2v) is 7.11. The third-order valence-electron chi connectivity index (χ3n) is 4.87. The number of fused-ring (bicyclic) bond motifs is 1. The van der Waals surface area contributed by atoms with Gasteiger partial charge in [0.1, 0.15) is 5.52 Å². The van der Waals surface area contributed by atoms with Crippen LogP contribution in [0, 0.1) is 0 Å². The van der Waals surface area contributed by atoms with Gasteiger partial charge in [0, 0.05) is 23.5 Å². The van der Waals surface area contributed by atoms with Crippen molar-refractivity contribution in [2.75, 3.05) is 6.61 Å². The Balaban J connectivity index is 1.93. The van der Waals surface area contributed by atoms with Crippen LogP contribution in [0.3, 0.4) is 0 Å². The molecule has 0 spiro atoms. The zero-order valence-electron chi connectivity index (χ0n) is 16.5. The molecule has 1 aromatic carbocycles. The van der Waals surface area contributed by atoms with E-state index in [-0.39, 0.29) is 23.1 Å². The highest BCUT2D eigenvalue weighted by Gasteiger charge is 2.30. The molecule has 0 aliphatic carbocycles. The van der Waals surface area contributed by atoms with Gasteiger partial charge in [0.05, 0.1) is 47.9 Å². The highest BCUT2D eigenvalue weighted by atomic mass is 19.4. The van der Waals surface area contributed by atoms with Crippen molar-refractivity contribution in [3.63, 3.8) is 0 Å². The Morgan fingerprint density at radius 3 is 2.47 bits per heavy atom. The average molecular weight is 442 g/mol. The summed E-state index contributed by atoms with van der Waals surface area (Å²) in [6.07, 6.45) is -1.26. The molecule has 0 aliphatic rings. The van der Waals surface area contributed by atoms with Crippen molar-refractivity contribution in [1.29, 1.82) is 0 Å². The highest BCUT2D eigenvalue weighted by molar-refractivity contribution is 5.93. The van der Waals surface area contributed by atoms with E-state index >= 15 is 0 Å². The molecule has 7 nitrogen and oxygen atoms in total. The zero-order chi connectivity index (χ0) is 22.9. The summed E-state index contributed by atoms with van der Waals surface area (Å²) in [7, 11) is 0. The van der Waals surface area contributed by atoms with Crippen LogP contribution >= 0.6 is 0 Å². The lowest BCUT2D eigenvalue weighted by Gasteiger charge is -2.13. The van der Waals surface area contributed by atoms with Crippen LogP contribution in [0.1, 0.15) is 5.56 Å².